The van der Waals surface area contributed by atoms with E-state index >= 15 is 0 Å². The first-order chi connectivity index (χ1) is 13.6. The van der Waals surface area contributed by atoms with E-state index in [2.05, 4.69) is 29.5 Å². The van der Waals surface area contributed by atoms with E-state index in [4.69, 9.17) is 4.74 Å². The van der Waals surface area contributed by atoms with E-state index in [0.717, 1.165) is 30.9 Å². The molecule has 8 heteroatoms. The predicted octanol–water partition coefficient (Wildman–Crippen LogP) is 3.79. The van der Waals surface area contributed by atoms with E-state index in [1.165, 1.54) is 5.56 Å². The highest BCUT2D eigenvalue weighted by Gasteiger charge is 2.23. The van der Waals surface area contributed by atoms with Crippen LogP contribution in [0.15, 0.2) is 48.8 Å². The Labute approximate surface area is 189 Å². The van der Waals surface area contributed by atoms with Crippen LogP contribution in [0.1, 0.15) is 35.0 Å². The number of rotatable bonds is 5. The molecular weight excluding hydrogens is 423 g/mol. The molecular formula is C22H28Cl2N4O2. The van der Waals surface area contributed by atoms with Gasteiger partial charge in [-0.15, -0.1) is 24.8 Å². The molecule has 162 valence electrons. The first-order valence-electron chi connectivity index (χ1n) is 9.77. The molecule has 1 aliphatic heterocycles. The van der Waals surface area contributed by atoms with Gasteiger partial charge in [0.15, 0.2) is 0 Å². The summed E-state index contributed by atoms with van der Waals surface area (Å²) in [6.45, 7) is 6.45. The zero-order chi connectivity index (χ0) is 19.5. The van der Waals surface area contributed by atoms with Gasteiger partial charge in [0, 0.05) is 24.0 Å². The van der Waals surface area contributed by atoms with E-state index in [1.54, 1.807) is 6.07 Å². The summed E-state index contributed by atoms with van der Waals surface area (Å²) in [6, 6.07) is 11.6. The quantitative estimate of drug-likeness (QED) is 0.620. The summed E-state index contributed by atoms with van der Waals surface area (Å²) in [4.78, 5) is 17.2. The third-order valence-corrected chi connectivity index (χ3v) is 5.23. The number of nitrogens with zero attached hydrogens (tertiary/aromatic N) is 2. The van der Waals surface area contributed by atoms with Crippen LogP contribution in [0.3, 0.4) is 0 Å². The van der Waals surface area contributed by atoms with Gasteiger partial charge in [-0.05, 0) is 62.2 Å². The number of piperidine rings is 1. The SMILES string of the molecule is Cc1ccc2nc(COc3cccc(C(=O)NC4CCNCC4C)c3)cn2c1.Cl.Cl. The number of ether oxygens (including phenoxy) is 1. The highest BCUT2D eigenvalue weighted by Crippen LogP contribution is 2.17. The molecule has 4 rings (SSSR count). The fourth-order valence-corrected chi connectivity index (χ4v) is 3.59. The second-order valence-corrected chi connectivity index (χ2v) is 7.57. The molecule has 2 unspecified atom stereocenters. The van der Waals surface area contributed by atoms with Gasteiger partial charge in [0.25, 0.3) is 5.91 Å². The summed E-state index contributed by atoms with van der Waals surface area (Å²) in [5.74, 6) is 1.04. The van der Waals surface area contributed by atoms with Crippen LogP contribution >= 0.6 is 24.8 Å². The average molecular weight is 451 g/mol. The van der Waals surface area contributed by atoms with Crippen molar-refractivity contribution < 1.29 is 9.53 Å². The van der Waals surface area contributed by atoms with Gasteiger partial charge < -0.3 is 19.8 Å². The first kappa shape index (κ1) is 24.0. The largest absolute Gasteiger partial charge is 0.487 e. The number of pyridine rings is 1. The Morgan fingerprint density at radius 3 is 2.90 bits per heavy atom. The van der Waals surface area contributed by atoms with Gasteiger partial charge in [-0.3, -0.25) is 4.79 Å². The second-order valence-electron chi connectivity index (χ2n) is 7.57. The molecule has 2 N–H and O–H groups in total. The molecule has 0 saturated carbocycles. The summed E-state index contributed by atoms with van der Waals surface area (Å²) < 4.78 is 7.89. The third kappa shape index (κ3) is 5.65. The zero-order valence-electron chi connectivity index (χ0n) is 17.1. The van der Waals surface area contributed by atoms with Crippen molar-refractivity contribution in [3.8, 4) is 5.75 Å². The molecule has 2 aromatic heterocycles. The molecule has 0 bridgehead atoms. The number of benzene rings is 1. The molecule has 1 fully saturated rings. The van der Waals surface area contributed by atoms with Crippen molar-refractivity contribution in [1.29, 1.82) is 0 Å². The zero-order valence-corrected chi connectivity index (χ0v) is 18.8. The van der Waals surface area contributed by atoms with Gasteiger partial charge in [-0.25, -0.2) is 4.98 Å². The van der Waals surface area contributed by atoms with Crippen molar-refractivity contribution in [2.75, 3.05) is 13.1 Å². The fraction of sp³-hybridized carbons (Fsp3) is 0.364. The fourth-order valence-electron chi connectivity index (χ4n) is 3.59. The highest BCUT2D eigenvalue weighted by atomic mass is 35.5. The number of imidazole rings is 1. The molecule has 0 radical (unpaired) electrons. The molecule has 1 saturated heterocycles. The molecule has 1 amide bonds. The maximum absolute atomic E-state index is 12.6. The Morgan fingerprint density at radius 2 is 2.10 bits per heavy atom. The Hall–Kier alpha value is -2.28. The molecule has 2 atom stereocenters. The normalized spacial score (nSPS) is 18.2. The Kier molecular flexibility index (Phi) is 8.53. The summed E-state index contributed by atoms with van der Waals surface area (Å²) in [6.07, 6.45) is 4.96. The molecule has 3 heterocycles. The van der Waals surface area contributed by atoms with Crippen LogP contribution in [-0.4, -0.2) is 34.4 Å². The minimum atomic E-state index is -0.0487. The number of hydrogen-bond donors (Lipinski definition) is 2. The Morgan fingerprint density at radius 1 is 1.27 bits per heavy atom. The van der Waals surface area contributed by atoms with E-state index in [-0.39, 0.29) is 36.8 Å². The number of carbonyl (C=O) groups excluding carboxylic acids is 1. The van der Waals surface area contributed by atoms with Crippen LogP contribution < -0.4 is 15.4 Å². The lowest BCUT2D eigenvalue weighted by molar-refractivity contribution is 0.0913. The lowest BCUT2D eigenvalue weighted by Crippen LogP contribution is -2.48. The van der Waals surface area contributed by atoms with Crippen LogP contribution in [0.25, 0.3) is 5.65 Å². The lowest BCUT2D eigenvalue weighted by atomic mass is 9.95. The number of hydrogen-bond acceptors (Lipinski definition) is 4. The summed E-state index contributed by atoms with van der Waals surface area (Å²) >= 11 is 0. The van der Waals surface area contributed by atoms with Gasteiger partial charge in [-0.1, -0.05) is 19.1 Å². The topological polar surface area (TPSA) is 67.7 Å². The predicted molar refractivity (Wildman–Crippen MR) is 123 cm³/mol. The average Bonchev–Trinajstić information content (AvgIpc) is 3.10. The molecule has 30 heavy (non-hydrogen) atoms. The molecule has 1 aliphatic rings. The van der Waals surface area contributed by atoms with Gasteiger partial charge >= 0.3 is 0 Å². The minimum absolute atomic E-state index is 0. The van der Waals surface area contributed by atoms with Crippen LogP contribution in [0.5, 0.6) is 5.75 Å². The Balaban J connectivity index is 0.00000160. The lowest BCUT2D eigenvalue weighted by Gasteiger charge is -2.30. The van der Waals surface area contributed by atoms with Crippen molar-refractivity contribution >= 4 is 36.4 Å². The maximum Gasteiger partial charge on any atom is 0.251 e. The van der Waals surface area contributed by atoms with Crippen LogP contribution in [0.2, 0.25) is 0 Å². The van der Waals surface area contributed by atoms with Crippen molar-refractivity contribution in [2.24, 2.45) is 5.92 Å². The van der Waals surface area contributed by atoms with Gasteiger partial charge in [0.05, 0.1) is 5.69 Å². The first-order valence-corrected chi connectivity index (χ1v) is 9.77. The number of nitrogens with one attached hydrogen (secondary N) is 2. The molecule has 0 aliphatic carbocycles. The van der Waals surface area contributed by atoms with E-state index in [0.29, 0.717) is 23.8 Å². The number of aromatic nitrogens is 2. The smallest absolute Gasteiger partial charge is 0.251 e. The van der Waals surface area contributed by atoms with Crippen LogP contribution in [0, 0.1) is 12.8 Å². The summed E-state index contributed by atoms with van der Waals surface area (Å²) in [7, 11) is 0. The van der Waals surface area contributed by atoms with Crippen LogP contribution in [-0.2, 0) is 6.61 Å². The number of amides is 1. The number of halogens is 2. The maximum atomic E-state index is 12.6. The number of fused-ring (bicyclic) bond motifs is 1. The monoisotopic (exact) mass is 450 g/mol. The second kappa shape index (κ2) is 10.7. The minimum Gasteiger partial charge on any atom is -0.487 e. The van der Waals surface area contributed by atoms with Gasteiger partial charge in [0.2, 0.25) is 0 Å². The van der Waals surface area contributed by atoms with Crippen molar-refractivity contribution in [2.45, 2.75) is 32.9 Å². The van der Waals surface area contributed by atoms with E-state index in [1.807, 2.05) is 47.1 Å². The van der Waals surface area contributed by atoms with Crippen molar-refractivity contribution in [3.05, 3.63) is 65.6 Å². The van der Waals surface area contributed by atoms with E-state index < -0.39 is 0 Å². The van der Waals surface area contributed by atoms with Crippen LogP contribution in [0.4, 0.5) is 0 Å². The standard InChI is InChI=1S/C22H26N4O2.2ClH/c1-15-6-7-21-24-18(13-26(21)12-15)14-28-19-5-3-4-17(10-19)22(27)25-20-8-9-23-11-16(20)2;;/h3-7,10,12-13,16,20,23H,8-9,11,14H2,1-2H3,(H,25,27);2*1H. The summed E-state index contributed by atoms with van der Waals surface area (Å²) in [5.41, 5.74) is 3.55. The van der Waals surface area contributed by atoms with E-state index in [9.17, 15) is 4.79 Å². The molecule has 6 nitrogen and oxygen atoms in total. The number of aryl methyl sites for hydroxylation is 1. The highest BCUT2D eigenvalue weighted by molar-refractivity contribution is 5.94. The molecule has 1 aromatic carbocycles. The molecule has 0 spiro atoms. The Bertz CT molecular complexity index is 992. The van der Waals surface area contributed by atoms with Crippen molar-refractivity contribution in [3.63, 3.8) is 0 Å². The van der Waals surface area contributed by atoms with Gasteiger partial charge in [0.1, 0.15) is 18.0 Å². The third-order valence-electron chi connectivity index (χ3n) is 5.23. The van der Waals surface area contributed by atoms with Crippen molar-refractivity contribution in [1.82, 2.24) is 20.0 Å². The van der Waals surface area contributed by atoms with Gasteiger partial charge in [-0.2, -0.15) is 0 Å². The summed E-state index contributed by atoms with van der Waals surface area (Å²) in [5, 5.41) is 6.51. The molecule has 3 aromatic rings. The number of carbonyl (C=O) groups is 1.